The Hall–Kier alpha value is -3.22. The molecule has 0 saturated carbocycles. The number of carboxylic acid groups (broad SMARTS) is 1. The predicted molar refractivity (Wildman–Crippen MR) is 105 cm³/mol. The Balaban J connectivity index is 1.81. The van der Waals surface area contributed by atoms with Gasteiger partial charge in [0.15, 0.2) is 11.6 Å². The summed E-state index contributed by atoms with van der Waals surface area (Å²) in [5.74, 6) is 2.11. The first kappa shape index (κ1) is 19.5. The van der Waals surface area contributed by atoms with E-state index in [0.717, 1.165) is 48.5 Å². The van der Waals surface area contributed by atoms with Gasteiger partial charge in [0.25, 0.3) is 0 Å². The topological polar surface area (TPSA) is 90.1 Å². The molecule has 2 aromatic heterocycles. The standard InChI is InChI=1S/C21H24N4O3/c1-3-5-6-20-23-19(4-2)24-25(20)14-15-7-9-16(10-8-15)17-11-12-22-13-18(17)28-21(26)27/h7-13H,3-6,14H2,1-2H3,(H,26,27). The lowest BCUT2D eigenvalue weighted by atomic mass is 10.0. The Morgan fingerprint density at radius 1 is 1.18 bits per heavy atom. The fourth-order valence-corrected chi connectivity index (χ4v) is 2.98. The van der Waals surface area contributed by atoms with E-state index >= 15 is 0 Å². The molecule has 1 N–H and O–H groups in total. The number of nitrogens with zero attached hydrogens (tertiary/aromatic N) is 4. The summed E-state index contributed by atoms with van der Waals surface area (Å²) in [6.45, 7) is 4.88. The highest BCUT2D eigenvalue weighted by Gasteiger charge is 2.12. The Kier molecular flexibility index (Phi) is 6.37. The number of benzene rings is 1. The van der Waals surface area contributed by atoms with E-state index in [4.69, 9.17) is 9.84 Å². The zero-order chi connectivity index (χ0) is 19.9. The van der Waals surface area contributed by atoms with Crippen molar-refractivity contribution in [2.24, 2.45) is 0 Å². The van der Waals surface area contributed by atoms with Crippen molar-refractivity contribution in [1.29, 1.82) is 0 Å². The molecule has 1 aromatic carbocycles. The molecule has 3 rings (SSSR count). The third kappa shape index (κ3) is 4.73. The van der Waals surface area contributed by atoms with Gasteiger partial charge in [-0.05, 0) is 23.6 Å². The Morgan fingerprint density at radius 3 is 2.64 bits per heavy atom. The van der Waals surface area contributed by atoms with Crippen molar-refractivity contribution in [2.45, 2.75) is 46.1 Å². The average Bonchev–Trinajstić information content (AvgIpc) is 3.09. The van der Waals surface area contributed by atoms with Crippen molar-refractivity contribution in [3.05, 3.63) is 59.9 Å². The van der Waals surface area contributed by atoms with Gasteiger partial charge in [0, 0.05) is 24.6 Å². The fraction of sp³-hybridized carbons (Fsp3) is 0.333. The van der Waals surface area contributed by atoms with Crippen LogP contribution in [0.25, 0.3) is 11.1 Å². The minimum atomic E-state index is -1.36. The van der Waals surface area contributed by atoms with Gasteiger partial charge in [-0.25, -0.2) is 14.5 Å². The Labute approximate surface area is 164 Å². The van der Waals surface area contributed by atoms with E-state index in [1.165, 1.54) is 6.20 Å². The molecule has 0 spiro atoms. The molecule has 0 aliphatic carbocycles. The number of rotatable bonds is 8. The van der Waals surface area contributed by atoms with E-state index in [9.17, 15) is 4.79 Å². The summed E-state index contributed by atoms with van der Waals surface area (Å²) in [5.41, 5.74) is 2.65. The second kappa shape index (κ2) is 9.12. The van der Waals surface area contributed by atoms with E-state index in [2.05, 4.69) is 28.9 Å². The molecule has 2 heterocycles. The van der Waals surface area contributed by atoms with Gasteiger partial charge in [0.05, 0.1) is 12.7 Å². The molecule has 0 bridgehead atoms. The number of aromatic nitrogens is 4. The summed E-state index contributed by atoms with van der Waals surface area (Å²) in [7, 11) is 0. The van der Waals surface area contributed by atoms with Gasteiger partial charge in [-0.3, -0.25) is 4.98 Å². The highest BCUT2D eigenvalue weighted by Crippen LogP contribution is 2.29. The third-order valence-electron chi connectivity index (χ3n) is 4.44. The van der Waals surface area contributed by atoms with Crippen LogP contribution in [0.15, 0.2) is 42.7 Å². The minimum Gasteiger partial charge on any atom is -0.449 e. The number of hydrogen-bond acceptors (Lipinski definition) is 5. The summed E-state index contributed by atoms with van der Waals surface area (Å²) in [5, 5.41) is 13.5. The molecule has 7 nitrogen and oxygen atoms in total. The number of unbranched alkanes of at least 4 members (excludes halogenated alkanes) is 1. The average molecular weight is 380 g/mol. The van der Waals surface area contributed by atoms with Gasteiger partial charge in [-0.2, -0.15) is 5.10 Å². The van der Waals surface area contributed by atoms with E-state index in [1.807, 2.05) is 28.9 Å². The second-order valence-corrected chi connectivity index (χ2v) is 6.50. The lowest BCUT2D eigenvalue weighted by Gasteiger charge is -2.09. The van der Waals surface area contributed by atoms with E-state index in [1.54, 1.807) is 12.3 Å². The smallest absolute Gasteiger partial charge is 0.449 e. The van der Waals surface area contributed by atoms with Crippen LogP contribution >= 0.6 is 0 Å². The molecule has 0 aliphatic rings. The zero-order valence-corrected chi connectivity index (χ0v) is 16.1. The number of carbonyl (C=O) groups is 1. The number of ether oxygens (including phenoxy) is 1. The second-order valence-electron chi connectivity index (χ2n) is 6.50. The molecule has 7 heteroatoms. The molecule has 0 amide bonds. The van der Waals surface area contributed by atoms with Gasteiger partial charge in [-0.15, -0.1) is 0 Å². The first-order valence-electron chi connectivity index (χ1n) is 9.47. The van der Waals surface area contributed by atoms with Gasteiger partial charge in [0.2, 0.25) is 0 Å². The van der Waals surface area contributed by atoms with E-state index in [0.29, 0.717) is 12.1 Å². The quantitative estimate of drug-likeness (QED) is 0.584. The summed E-state index contributed by atoms with van der Waals surface area (Å²) in [6.07, 6.45) is 5.61. The van der Waals surface area contributed by atoms with Crippen LogP contribution in [0.4, 0.5) is 4.79 Å². The van der Waals surface area contributed by atoms with Crippen molar-refractivity contribution in [3.63, 3.8) is 0 Å². The molecule has 3 aromatic rings. The van der Waals surface area contributed by atoms with Crippen molar-refractivity contribution < 1.29 is 14.6 Å². The van der Waals surface area contributed by atoms with Crippen LogP contribution in [0.3, 0.4) is 0 Å². The van der Waals surface area contributed by atoms with Crippen LogP contribution in [-0.2, 0) is 19.4 Å². The number of pyridine rings is 1. The van der Waals surface area contributed by atoms with Crippen molar-refractivity contribution >= 4 is 6.16 Å². The summed E-state index contributed by atoms with van der Waals surface area (Å²) in [4.78, 5) is 19.5. The molecule has 0 fully saturated rings. The molecule has 0 radical (unpaired) electrons. The number of hydrogen-bond donors (Lipinski definition) is 1. The van der Waals surface area contributed by atoms with Crippen LogP contribution in [0.1, 0.15) is 43.9 Å². The van der Waals surface area contributed by atoms with Crippen LogP contribution in [0.5, 0.6) is 5.75 Å². The van der Waals surface area contributed by atoms with Crippen molar-refractivity contribution in [2.75, 3.05) is 0 Å². The first-order valence-corrected chi connectivity index (χ1v) is 9.47. The van der Waals surface area contributed by atoms with Gasteiger partial charge in [0.1, 0.15) is 5.82 Å². The summed E-state index contributed by atoms with van der Waals surface area (Å²) >= 11 is 0. The zero-order valence-electron chi connectivity index (χ0n) is 16.1. The van der Waals surface area contributed by atoms with Crippen LogP contribution < -0.4 is 4.74 Å². The lowest BCUT2D eigenvalue weighted by Crippen LogP contribution is -2.07. The highest BCUT2D eigenvalue weighted by molar-refractivity contribution is 5.73. The fourth-order valence-electron chi connectivity index (χ4n) is 2.98. The van der Waals surface area contributed by atoms with E-state index in [-0.39, 0.29) is 5.75 Å². The molecule has 0 aliphatic heterocycles. The van der Waals surface area contributed by atoms with Crippen molar-refractivity contribution in [3.8, 4) is 16.9 Å². The van der Waals surface area contributed by atoms with Crippen LogP contribution in [0.2, 0.25) is 0 Å². The monoisotopic (exact) mass is 380 g/mol. The maximum absolute atomic E-state index is 10.9. The summed E-state index contributed by atoms with van der Waals surface area (Å²) < 4.78 is 6.81. The maximum atomic E-state index is 10.9. The highest BCUT2D eigenvalue weighted by atomic mass is 16.7. The minimum absolute atomic E-state index is 0.216. The van der Waals surface area contributed by atoms with Crippen LogP contribution in [-0.4, -0.2) is 31.0 Å². The molecule has 146 valence electrons. The largest absolute Gasteiger partial charge is 0.511 e. The molecular weight excluding hydrogens is 356 g/mol. The Morgan fingerprint density at radius 2 is 1.96 bits per heavy atom. The van der Waals surface area contributed by atoms with E-state index < -0.39 is 6.16 Å². The summed E-state index contributed by atoms with van der Waals surface area (Å²) in [6, 6.07) is 9.65. The number of aryl methyl sites for hydroxylation is 2. The molecule has 0 unspecified atom stereocenters. The van der Waals surface area contributed by atoms with Gasteiger partial charge >= 0.3 is 6.16 Å². The maximum Gasteiger partial charge on any atom is 0.511 e. The van der Waals surface area contributed by atoms with Crippen LogP contribution in [0, 0.1) is 0 Å². The third-order valence-corrected chi connectivity index (χ3v) is 4.44. The first-order chi connectivity index (χ1) is 13.6. The lowest BCUT2D eigenvalue weighted by molar-refractivity contribution is 0.144. The van der Waals surface area contributed by atoms with Gasteiger partial charge in [-0.1, -0.05) is 44.5 Å². The normalized spacial score (nSPS) is 10.8. The van der Waals surface area contributed by atoms with Gasteiger partial charge < -0.3 is 9.84 Å². The molecule has 0 atom stereocenters. The Bertz CT molecular complexity index is 935. The molecule has 0 saturated heterocycles. The van der Waals surface area contributed by atoms with Crippen molar-refractivity contribution in [1.82, 2.24) is 19.7 Å². The SMILES string of the molecule is CCCCc1nc(CC)nn1Cc1ccc(-c2ccncc2OC(=O)O)cc1. The molecule has 28 heavy (non-hydrogen) atoms. The predicted octanol–water partition coefficient (Wildman–Crippen LogP) is 4.35. The molecular formula is C21H24N4O3.